The van der Waals surface area contributed by atoms with Gasteiger partial charge in [-0.3, -0.25) is 19.1 Å². The fourth-order valence-electron chi connectivity index (χ4n) is 4.81. The van der Waals surface area contributed by atoms with E-state index in [4.69, 9.17) is 9.47 Å². The first-order valence-electron chi connectivity index (χ1n) is 11.7. The van der Waals surface area contributed by atoms with Crippen LogP contribution in [0.25, 0.3) is 11.1 Å². The van der Waals surface area contributed by atoms with Crippen LogP contribution in [0.5, 0.6) is 5.75 Å². The molecule has 0 N–H and O–H groups in total. The Morgan fingerprint density at radius 1 is 1.00 bits per heavy atom. The summed E-state index contributed by atoms with van der Waals surface area (Å²) in [6.07, 6.45) is 3.72. The highest BCUT2D eigenvalue weighted by molar-refractivity contribution is 7.92. The third-order valence-corrected chi connectivity index (χ3v) is 7.69. The van der Waals surface area contributed by atoms with E-state index in [2.05, 4.69) is 4.98 Å². The Kier molecular flexibility index (Phi) is 6.24. The van der Waals surface area contributed by atoms with Crippen molar-refractivity contribution in [1.82, 2.24) is 4.98 Å². The number of methoxy groups -OCH3 is 1. The average Bonchev–Trinajstić information content (AvgIpc) is 3.32. The lowest BCUT2D eigenvalue weighted by molar-refractivity contribution is 0.175. The molecule has 0 aliphatic carbocycles. The zero-order valence-corrected chi connectivity index (χ0v) is 21.4. The van der Waals surface area contributed by atoms with Gasteiger partial charge in [-0.1, -0.05) is 12.1 Å². The normalized spacial score (nSPS) is 16.7. The van der Waals surface area contributed by atoms with Gasteiger partial charge in [0.15, 0.2) is 5.75 Å². The average molecular weight is 523 g/mol. The van der Waals surface area contributed by atoms with Crippen LogP contribution in [0.1, 0.15) is 12.5 Å². The van der Waals surface area contributed by atoms with Crippen LogP contribution < -0.4 is 18.8 Å². The third-order valence-electron chi connectivity index (χ3n) is 6.51. The van der Waals surface area contributed by atoms with E-state index in [1.165, 1.54) is 33.7 Å². The number of carbonyl (C=O) groups is 2. The van der Waals surface area contributed by atoms with Gasteiger partial charge in [-0.15, -0.1) is 0 Å². The van der Waals surface area contributed by atoms with E-state index in [1.807, 2.05) is 31.2 Å². The highest BCUT2D eigenvalue weighted by Crippen LogP contribution is 2.41. The summed E-state index contributed by atoms with van der Waals surface area (Å²) in [5.74, 6) is 0.308. The molecule has 10 nitrogen and oxygen atoms in total. The number of benzene rings is 2. The van der Waals surface area contributed by atoms with Gasteiger partial charge in [0.2, 0.25) is 10.0 Å². The van der Waals surface area contributed by atoms with Gasteiger partial charge in [0.1, 0.15) is 0 Å². The number of sulfonamides is 1. The monoisotopic (exact) mass is 522 g/mol. The number of carbonyl (C=O) groups excluding carboxylic acids is 2. The van der Waals surface area contributed by atoms with Crippen LogP contribution in [-0.4, -0.2) is 58.1 Å². The number of anilines is 3. The zero-order chi connectivity index (χ0) is 26.3. The lowest BCUT2D eigenvalue weighted by atomic mass is 9.99. The minimum atomic E-state index is -3.35. The van der Waals surface area contributed by atoms with E-state index in [0.29, 0.717) is 35.8 Å². The SMILES string of the molecule is COC(=O)N1c2ccc(-c3ccc4c(c3)CCN4S(C)(=O)=O)cc2N(C(=O)Oc2cccnc2)C[C@@H]1C. The lowest BCUT2D eigenvalue weighted by Crippen LogP contribution is -2.52. The number of pyridine rings is 1. The van der Waals surface area contributed by atoms with E-state index in [9.17, 15) is 18.0 Å². The molecular formula is C26H26N4O6S. The molecule has 0 spiro atoms. The second-order valence-corrected chi connectivity index (χ2v) is 10.9. The van der Waals surface area contributed by atoms with Gasteiger partial charge in [0.25, 0.3) is 0 Å². The van der Waals surface area contributed by atoms with Crippen molar-refractivity contribution >= 4 is 39.3 Å². The van der Waals surface area contributed by atoms with Crippen LogP contribution in [0.3, 0.4) is 0 Å². The van der Waals surface area contributed by atoms with Crippen LogP contribution in [-0.2, 0) is 21.2 Å². The van der Waals surface area contributed by atoms with Gasteiger partial charge < -0.3 is 9.47 Å². The Morgan fingerprint density at radius 2 is 1.73 bits per heavy atom. The van der Waals surface area contributed by atoms with Crippen molar-refractivity contribution in [1.29, 1.82) is 0 Å². The van der Waals surface area contributed by atoms with Crippen molar-refractivity contribution in [3.63, 3.8) is 0 Å². The molecule has 2 aliphatic heterocycles. The van der Waals surface area contributed by atoms with Crippen LogP contribution in [0.4, 0.5) is 26.7 Å². The maximum absolute atomic E-state index is 13.2. The van der Waals surface area contributed by atoms with Crippen LogP contribution in [0, 0.1) is 0 Å². The molecule has 1 aromatic heterocycles. The molecule has 0 saturated carbocycles. The van der Waals surface area contributed by atoms with Crippen molar-refractivity contribution in [2.75, 3.05) is 40.6 Å². The molecule has 2 aromatic carbocycles. The molecule has 11 heteroatoms. The fraction of sp³-hybridized carbons (Fsp3) is 0.269. The topological polar surface area (TPSA) is 109 Å². The van der Waals surface area contributed by atoms with Gasteiger partial charge in [0, 0.05) is 12.7 Å². The Bertz CT molecular complexity index is 1480. The van der Waals surface area contributed by atoms with Crippen LogP contribution in [0.15, 0.2) is 60.9 Å². The molecule has 37 heavy (non-hydrogen) atoms. The first-order valence-corrected chi connectivity index (χ1v) is 13.5. The lowest BCUT2D eigenvalue weighted by Gasteiger charge is -2.39. The van der Waals surface area contributed by atoms with Gasteiger partial charge in [-0.2, -0.15) is 0 Å². The van der Waals surface area contributed by atoms with E-state index in [-0.39, 0.29) is 12.6 Å². The van der Waals surface area contributed by atoms with E-state index < -0.39 is 22.2 Å². The summed E-state index contributed by atoms with van der Waals surface area (Å²) in [5, 5.41) is 0. The Balaban J connectivity index is 1.55. The summed E-state index contributed by atoms with van der Waals surface area (Å²) >= 11 is 0. The summed E-state index contributed by atoms with van der Waals surface area (Å²) in [7, 11) is -2.03. The highest BCUT2D eigenvalue weighted by Gasteiger charge is 2.37. The predicted octanol–water partition coefficient (Wildman–Crippen LogP) is 4.05. The van der Waals surface area contributed by atoms with E-state index in [1.54, 1.807) is 30.5 Å². The van der Waals surface area contributed by atoms with Crippen molar-refractivity contribution in [3.05, 3.63) is 66.5 Å². The number of amides is 2. The maximum Gasteiger partial charge on any atom is 0.419 e. The molecule has 3 heterocycles. The molecule has 192 valence electrons. The summed E-state index contributed by atoms with van der Waals surface area (Å²) in [4.78, 5) is 32.8. The standard InChI is InChI=1S/C26H26N4O6S/c1-17-16-28(25(31)36-21-5-4-11-27-15-21)24-14-19(7-9-23(24)30(17)26(32)35-2)18-6-8-22-20(13-18)10-12-29(22)37(3,33)34/h4-9,11,13-15,17H,10,12,16H2,1-3H3/t17-/m0/s1. The highest BCUT2D eigenvalue weighted by atomic mass is 32.2. The molecule has 0 fully saturated rings. The largest absolute Gasteiger partial charge is 0.452 e. The molecule has 0 bridgehead atoms. The molecule has 2 aliphatic rings. The summed E-state index contributed by atoms with van der Waals surface area (Å²) in [5.41, 5.74) is 4.28. The second-order valence-electron chi connectivity index (χ2n) is 8.99. The molecule has 2 amide bonds. The smallest absolute Gasteiger partial charge is 0.419 e. The quantitative estimate of drug-likeness (QED) is 0.510. The number of ether oxygens (including phenoxy) is 2. The van der Waals surface area contributed by atoms with Gasteiger partial charge in [0.05, 0.1) is 49.2 Å². The minimum Gasteiger partial charge on any atom is -0.452 e. The Hall–Kier alpha value is -4.12. The summed E-state index contributed by atoms with van der Waals surface area (Å²) in [6.45, 7) is 2.42. The minimum absolute atomic E-state index is 0.193. The van der Waals surface area contributed by atoms with Gasteiger partial charge in [-0.05, 0) is 66.4 Å². The predicted molar refractivity (Wildman–Crippen MR) is 140 cm³/mol. The van der Waals surface area contributed by atoms with Crippen molar-refractivity contribution in [3.8, 4) is 16.9 Å². The Labute approximate surface area is 215 Å². The summed E-state index contributed by atoms with van der Waals surface area (Å²) in [6, 6.07) is 14.0. The number of rotatable bonds is 3. The molecule has 0 saturated heterocycles. The van der Waals surface area contributed by atoms with E-state index in [0.717, 1.165) is 16.7 Å². The van der Waals surface area contributed by atoms with Crippen LogP contribution in [0.2, 0.25) is 0 Å². The first-order chi connectivity index (χ1) is 17.7. The number of nitrogens with zero attached hydrogens (tertiary/aromatic N) is 4. The zero-order valence-electron chi connectivity index (χ0n) is 20.6. The van der Waals surface area contributed by atoms with E-state index >= 15 is 0 Å². The van der Waals surface area contributed by atoms with Crippen molar-refractivity contribution < 1.29 is 27.5 Å². The second kappa shape index (κ2) is 9.40. The number of hydrogen-bond donors (Lipinski definition) is 0. The molecule has 0 unspecified atom stereocenters. The maximum atomic E-state index is 13.2. The summed E-state index contributed by atoms with van der Waals surface area (Å²) < 4.78 is 36.2. The first kappa shape index (κ1) is 24.6. The molecule has 1 atom stereocenters. The number of hydrogen-bond acceptors (Lipinski definition) is 7. The molecule has 5 rings (SSSR count). The van der Waals surface area contributed by atoms with Crippen molar-refractivity contribution in [2.24, 2.45) is 0 Å². The number of fused-ring (bicyclic) bond motifs is 2. The Morgan fingerprint density at radius 3 is 2.41 bits per heavy atom. The van der Waals surface area contributed by atoms with Gasteiger partial charge >= 0.3 is 12.2 Å². The third kappa shape index (κ3) is 4.57. The molecular weight excluding hydrogens is 496 g/mol. The van der Waals surface area contributed by atoms with Gasteiger partial charge in [-0.25, -0.2) is 18.0 Å². The van der Waals surface area contributed by atoms with Crippen LogP contribution >= 0.6 is 0 Å². The number of aromatic nitrogens is 1. The molecule has 0 radical (unpaired) electrons. The molecule has 3 aromatic rings. The fourth-order valence-corrected chi connectivity index (χ4v) is 5.77. The van der Waals surface area contributed by atoms with Crippen molar-refractivity contribution in [2.45, 2.75) is 19.4 Å².